The van der Waals surface area contributed by atoms with Gasteiger partial charge in [-0.1, -0.05) is 19.3 Å². The maximum absolute atomic E-state index is 11.5. The van der Waals surface area contributed by atoms with Crippen LogP contribution in [0.15, 0.2) is 0 Å². The van der Waals surface area contributed by atoms with Crippen molar-refractivity contribution in [3.63, 3.8) is 0 Å². The Balaban J connectivity index is 2.06. The summed E-state index contributed by atoms with van der Waals surface area (Å²) in [5.41, 5.74) is 0.118. The number of β-lactam (4-membered cyclic amide) rings is 1. The first-order chi connectivity index (χ1) is 5.25. The molecule has 62 valence electrons. The molecule has 1 aliphatic heterocycles. The van der Waals surface area contributed by atoms with E-state index in [2.05, 4.69) is 0 Å². The minimum Gasteiger partial charge on any atom is -0.344 e. The third kappa shape index (κ3) is 0.883. The molecule has 0 aromatic carbocycles. The van der Waals surface area contributed by atoms with Gasteiger partial charge < -0.3 is 4.90 Å². The quantitative estimate of drug-likeness (QED) is 0.482. The fourth-order valence-corrected chi connectivity index (χ4v) is 2.51. The molecule has 11 heavy (non-hydrogen) atoms. The van der Waals surface area contributed by atoms with Crippen LogP contribution in [0.25, 0.3) is 0 Å². The highest BCUT2D eigenvalue weighted by Gasteiger charge is 2.49. The van der Waals surface area contributed by atoms with Crippen molar-refractivity contribution in [1.29, 1.82) is 0 Å². The van der Waals surface area contributed by atoms with Crippen molar-refractivity contribution < 1.29 is 4.79 Å². The molecular formula is C9H15NO. The molecule has 1 spiro atoms. The molecule has 1 saturated carbocycles. The van der Waals surface area contributed by atoms with Crippen molar-refractivity contribution in [2.24, 2.45) is 5.41 Å². The van der Waals surface area contributed by atoms with Crippen molar-refractivity contribution in [3.8, 4) is 0 Å². The Labute approximate surface area is 67.6 Å². The average molecular weight is 153 g/mol. The molecule has 0 bridgehead atoms. The number of nitrogens with zero attached hydrogens (tertiary/aromatic N) is 1. The van der Waals surface area contributed by atoms with Gasteiger partial charge in [0.05, 0.1) is 5.41 Å². The van der Waals surface area contributed by atoms with Gasteiger partial charge in [-0.25, -0.2) is 0 Å². The summed E-state index contributed by atoms with van der Waals surface area (Å²) >= 11 is 0. The first-order valence-electron chi connectivity index (χ1n) is 4.50. The molecule has 0 radical (unpaired) electrons. The van der Waals surface area contributed by atoms with Crippen molar-refractivity contribution in [2.45, 2.75) is 32.1 Å². The number of rotatable bonds is 0. The van der Waals surface area contributed by atoms with E-state index in [-0.39, 0.29) is 5.41 Å². The third-order valence-electron chi connectivity index (χ3n) is 3.15. The largest absolute Gasteiger partial charge is 0.344 e. The van der Waals surface area contributed by atoms with Gasteiger partial charge in [-0.3, -0.25) is 4.79 Å². The van der Waals surface area contributed by atoms with Crippen LogP contribution in [-0.2, 0) is 4.79 Å². The van der Waals surface area contributed by atoms with E-state index in [9.17, 15) is 4.79 Å². The lowest BCUT2D eigenvalue weighted by molar-refractivity contribution is -0.160. The Morgan fingerprint density at radius 3 is 2.36 bits per heavy atom. The molecule has 0 aromatic heterocycles. The summed E-state index contributed by atoms with van der Waals surface area (Å²) in [4.78, 5) is 13.3. The van der Waals surface area contributed by atoms with Crippen LogP contribution >= 0.6 is 0 Å². The molecule has 1 heterocycles. The van der Waals surface area contributed by atoms with Gasteiger partial charge in [0.15, 0.2) is 0 Å². The average Bonchev–Trinajstić information content (AvgIpc) is 2.06. The lowest BCUT2D eigenvalue weighted by atomic mass is 9.68. The van der Waals surface area contributed by atoms with Crippen LogP contribution in [0.2, 0.25) is 0 Å². The fourth-order valence-electron chi connectivity index (χ4n) is 2.51. The number of amides is 1. The molecule has 1 saturated heterocycles. The van der Waals surface area contributed by atoms with Crippen molar-refractivity contribution >= 4 is 5.91 Å². The zero-order chi connectivity index (χ0) is 7.90. The second kappa shape index (κ2) is 2.23. The van der Waals surface area contributed by atoms with Crippen LogP contribution < -0.4 is 0 Å². The van der Waals surface area contributed by atoms with Gasteiger partial charge in [-0.15, -0.1) is 0 Å². The molecule has 2 heteroatoms. The maximum atomic E-state index is 11.5. The van der Waals surface area contributed by atoms with Crippen LogP contribution in [0.4, 0.5) is 0 Å². The van der Waals surface area contributed by atoms with Crippen LogP contribution in [0.1, 0.15) is 32.1 Å². The van der Waals surface area contributed by atoms with Gasteiger partial charge in [-0.05, 0) is 12.8 Å². The zero-order valence-corrected chi connectivity index (χ0v) is 7.10. The van der Waals surface area contributed by atoms with Gasteiger partial charge in [0.25, 0.3) is 0 Å². The number of likely N-dealkylation sites (tertiary alicyclic amines) is 1. The van der Waals surface area contributed by atoms with Gasteiger partial charge in [0.2, 0.25) is 5.91 Å². The molecule has 2 nitrogen and oxygen atoms in total. The number of carbonyl (C=O) groups is 1. The van der Waals surface area contributed by atoms with Gasteiger partial charge in [0.1, 0.15) is 0 Å². The standard InChI is InChI=1S/C9H15NO/c1-10-7-9(8(10)11)5-3-2-4-6-9/h2-7H2,1H3. The molecule has 2 fully saturated rings. The lowest BCUT2D eigenvalue weighted by Crippen LogP contribution is -2.60. The first kappa shape index (κ1) is 7.14. The first-order valence-corrected chi connectivity index (χ1v) is 4.50. The number of hydrogen-bond acceptors (Lipinski definition) is 1. The predicted molar refractivity (Wildman–Crippen MR) is 43.2 cm³/mol. The van der Waals surface area contributed by atoms with E-state index in [1.807, 2.05) is 11.9 Å². The predicted octanol–water partition coefficient (Wildman–Crippen LogP) is 1.41. The van der Waals surface area contributed by atoms with E-state index >= 15 is 0 Å². The highest BCUT2D eigenvalue weighted by Crippen LogP contribution is 2.43. The van der Waals surface area contributed by atoms with Crippen LogP contribution in [0, 0.1) is 5.41 Å². The molecular weight excluding hydrogens is 138 g/mol. The molecule has 2 aliphatic rings. The molecule has 1 aliphatic carbocycles. The summed E-state index contributed by atoms with van der Waals surface area (Å²) in [6, 6.07) is 0. The smallest absolute Gasteiger partial charge is 0.230 e. The molecule has 0 N–H and O–H groups in total. The normalized spacial score (nSPS) is 28.8. The monoisotopic (exact) mass is 153 g/mol. The number of carbonyl (C=O) groups excluding carboxylic acids is 1. The topological polar surface area (TPSA) is 20.3 Å². The molecule has 1 amide bonds. The van der Waals surface area contributed by atoms with E-state index in [1.165, 1.54) is 19.3 Å². The highest BCUT2D eigenvalue weighted by atomic mass is 16.2. The van der Waals surface area contributed by atoms with Crippen molar-refractivity contribution in [2.75, 3.05) is 13.6 Å². The van der Waals surface area contributed by atoms with Crippen molar-refractivity contribution in [3.05, 3.63) is 0 Å². The molecule has 0 atom stereocenters. The maximum Gasteiger partial charge on any atom is 0.230 e. The van der Waals surface area contributed by atoms with E-state index in [0.29, 0.717) is 5.91 Å². The van der Waals surface area contributed by atoms with E-state index in [4.69, 9.17) is 0 Å². The Morgan fingerprint density at radius 2 is 1.91 bits per heavy atom. The van der Waals surface area contributed by atoms with Crippen molar-refractivity contribution in [1.82, 2.24) is 4.90 Å². The summed E-state index contributed by atoms with van der Waals surface area (Å²) in [5.74, 6) is 0.400. The lowest BCUT2D eigenvalue weighted by Gasteiger charge is -2.49. The van der Waals surface area contributed by atoms with E-state index in [0.717, 1.165) is 19.4 Å². The Kier molecular flexibility index (Phi) is 1.44. The summed E-state index contributed by atoms with van der Waals surface area (Å²) in [7, 11) is 1.90. The van der Waals surface area contributed by atoms with Gasteiger partial charge >= 0.3 is 0 Å². The van der Waals surface area contributed by atoms with Gasteiger partial charge in [-0.2, -0.15) is 0 Å². The highest BCUT2D eigenvalue weighted by molar-refractivity contribution is 5.88. The second-order valence-corrected chi connectivity index (χ2v) is 4.00. The second-order valence-electron chi connectivity index (χ2n) is 4.00. The minimum absolute atomic E-state index is 0.118. The Bertz CT molecular complexity index is 176. The van der Waals surface area contributed by atoms with Crippen LogP contribution in [0.5, 0.6) is 0 Å². The summed E-state index contributed by atoms with van der Waals surface area (Å²) in [6.45, 7) is 1.02. The Morgan fingerprint density at radius 1 is 1.27 bits per heavy atom. The van der Waals surface area contributed by atoms with Crippen LogP contribution in [-0.4, -0.2) is 24.4 Å². The molecule has 0 unspecified atom stereocenters. The summed E-state index contributed by atoms with van der Waals surface area (Å²) < 4.78 is 0. The SMILES string of the molecule is CN1CC2(CCCCC2)C1=O. The summed E-state index contributed by atoms with van der Waals surface area (Å²) in [6.07, 6.45) is 6.16. The third-order valence-corrected chi connectivity index (χ3v) is 3.15. The zero-order valence-electron chi connectivity index (χ0n) is 7.10. The van der Waals surface area contributed by atoms with Gasteiger partial charge in [0, 0.05) is 13.6 Å². The molecule has 2 rings (SSSR count). The summed E-state index contributed by atoms with van der Waals surface area (Å²) in [5, 5.41) is 0. The van der Waals surface area contributed by atoms with E-state index in [1.54, 1.807) is 0 Å². The molecule has 0 aromatic rings. The Hall–Kier alpha value is -0.530. The minimum atomic E-state index is 0.118. The number of hydrogen-bond donors (Lipinski definition) is 0. The fraction of sp³-hybridized carbons (Fsp3) is 0.889. The van der Waals surface area contributed by atoms with Crippen LogP contribution in [0.3, 0.4) is 0 Å². The van der Waals surface area contributed by atoms with E-state index < -0.39 is 0 Å².